The van der Waals surface area contributed by atoms with E-state index in [1.165, 1.54) is 45.2 Å². The van der Waals surface area contributed by atoms with Crippen LogP contribution in [0.4, 0.5) is 0 Å². The molecule has 2 heteroatoms. The van der Waals surface area contributed by atoms with Crippen LogP contribution in [0.25, 0.3) is 0 Å². The van der Waals surface area contributed by atoms with Gasteiger partial charge in [-0.25, -0.2) is 0 Å². The van der Waals surface area contributed by atoms with Crippen molar-refractivity contribution in [2.45, 2.75) is 32.1 Å². The molecule has 1 atom stereocenters. The highest BCUT2D eigenvalue weighted by Crippen LogP contribution is 2.36. The molecule has 0 bridgehead atoms. The number of piperidine rings is 1. The minimum atomic E-state index is 0. The number of hydrogen-bond donors (Lipinski definition) is 1. The fraction of sp³-hybridized carbons (Fsp3) is 1.00. The molecule has 1 nitrogen and oxygen atoms in total. The van der Waals surface area contributed by atoms with Gasteiger partial charge >= 0.3 is 0 Å². The minimum absolute atomic E-state index is 0. The largest absolute Gasteiger partial charge is 0.316 e. The monoisotopic (exact) mass is 175 g/mol. The van der Waals surface area contributed by atoms with Gasteiger partial charge in [-0.1, -0.05) is 12.8 Å². The molecule has 1 heterocycles. The van der Waals surface area contributed by atoms with Crippen molar-refractivity contribution in [3.63, 3.8) is 0 Å². The maximum absolute atomic E-state index is 3.47. The van der Waals surface area contributed by atoms with E-state index >= 15 is 0 Å². The molecule has 66 valence electrons. The number of rotatable bonds is 2. The molecular weight excluding hydrogens is 158 g/mol. The highest BCUT2D eigenvalue weighted by molar-refractivity contribution is 5.85. The first kappa shape index (κ1) is 9.34. The molecule has 0 radical (unpaired) electrons. The second-order valence-corrected chi connectivity index (χ2v) is 3.89. The van der Waals surface area contributed by atoms with Crippen molar-refractivity contribution in [2.75, 3.05) is 13.1 Å². The highest BCUT2D eigenvalue weighted by Gasteiger charge is 2.25. The molecule has 2 fully saturated rings. The summed E-state index contributed by atoms with van der Waals surface area (Å²) >= 11 is 0. The van der Waals surface area contributed by atoms with Gasteiger partial charge in [0.15, 0.2) is 0 Å². The van der Waals surface area contributed by atoms with Crippen molar-refractivity contribution >= 4 is 12.4 Å². The average Bonchev–Trinajstić information content (AvgIpc) is 2.74. The van der Waals surface area contributed by atoms with Gasteiger partial charge in [-0.15, -0.1) is 12.4 Å². The van der Waals surface area contributed by atoms with Crippen LogP contribution in [-0.2, 0) is 0 Å². The van der Waals surface area contributed by atoms with Crippen molar-refractivity contribution < 1.29 is 0 Å². The van der Waals surface area contributed by atoms with Crippen molar-refractivity contribution in [2.24, 2.45) is 11.8 Å². The molecule has 1 N–H and O–H groups in total. The Balaban J connectivity index is 0.000000605. The maximum atomic E-state index is 3.47. The molecule has 1 aliphatic carbocycles. The summed E-state index contributed by atoms with van der Waals surface area (Å²) in [6, 6.07) is 0. The Hall–Kier alpha value is 0.250. The lowest BCUT2D eigenvalue weighted by atomic mass is 9.94. The van der Waals surface area contributed by atoms with E-state index in [0.717, 1.165) is 11.8 Å². The summed E-state index contributed by atoms with van der Waals surface area (Å²) in [6.45, 7) is 2.57. The number of hydrogen-bond acceptors (Lipinski definition) is 1. The van der Waals surface area contributed by atoms with Gasteiger partial charge in [0.25, 0.3) is 0 Å². The van der Waals surface area contributed by atoms with Crippen LogP contribution >= 0.6 is 12.4 Å². The summed E-state index contributed by atoms with van der Waals surface area (Å²) in [6.07, 6.45) is 7.47. The Morgan fingerprint density at radius 3 is 2.45 bits per heavy atom. The molecule has 1 saturated carbocycles. The van der Waals surface area contributed by atoms with E-state index in [9.17, 15) is 0 Å². The summed E-state index contributed by atoms with van der Waals surface area (Å²) in [4.78, 5) is 0. The summed E-state index contributed by atoms with van der Waals surface area (Å²) in [7, 11) is 0. The van der Waals surface area contributed by atoms with Crippen molar-refractivity contribution in [1.29, 1.82) is 0 Å². The second kappa shape index (κ2) is 4.32. The van der Waals surface area contributed by atoms with Crippen LogP contribution in [0.3, 0.4) is 0 Å². The molecule has 1 unspecified atom stereocenters. The molecule has 0 aromatic carbocycles. The third-order valence-corrected chi connectivity index (χ3v) is 2.76. The van der Waals surface area contributed by atoms with Gasteiger partial charge in [-0.2, -0.15) is 0 Å². The third-order valence-electron chi connectivity index (χ3n) is 2.76. The first-order valence-electron chi connectivity index (χ1n) is 4.66. The second-order valence-electron chi connectivity index (χ2n) is 3.89. The van der Waals surface area contributed by atoms with E-state index in [4.69, 9.17) is 0 Å². The van der Waals surface area contributed by atoms with Crippen LogP contribution in [0.15, 0.2) is 0 Å². The summed E-state index contributed by atoms with van der Waals surface area (Å²) < 4.78 is 0. The lowest BCUT2D eigenvalue weighted by molar-refractivity contribution is 0.344. The van der Waals surface area contributed by atoms with Crippen molar-refractivity contribution in [3.8, 4) is 0 Å². The van der Waals surface area contributed by atoms with Crippen molar-refractivity contribution in [3.05, 3.63) is 0 Å². The zero-order chi connectivity index (χ0) is 6.81. The normalized spacial score (nSPS) is 31.1. The molecule has 0 spiro atoms. The molecule has 0 aromatic heterocycles. The van der Waals surface area contributed by atoms with Gasteiger partial charge in [-0.3, -0.25) is 0 Å². The summed E-state index contributed by atoms with van der Waals surface area (Å²) in [5, 5.41) is 3.47. The van der Waals surface area contributed by atoms with E-state index in [-0.39, 0.29) is 12.4 Å². The fourth-order valence-electron chi connectivity index (χ4n) is 1.95. The quantitative estimate of drug-likeness (QED) is 0.679. The Morgan fingerprint density at radius 1 is 1.09 bits per heavy atom. The molecule has 2 aliphatic rings. The lowest BCUT2D eigenvalue weighted by Gasteiger charge is -2.22. The highest BCUT2D eigenvalue weighted by atomic mass is 35.5. The molecule has 0 aromatic rings. The Morgan fingerprint density at radius 2 is 1.91 bits per heavy atom. The molecular formula is C9H18ClN. The van der Waals surface area contributed by atoms with Gasteiger partial charge in [0.2, 0.25) is 0 Å². The van der Waals surface area contributed by atoms with Gasteiger partial charge in [0.1, 0.15) is 0 Å². The number of nitrogens with one attached hydrogen (secondary N) is 1. The van der Waals surface area contributed by atoms with Gasteiger partial charge in [-0.05, 0) is 44.2 Å². The number of halogens is 1. The third kappa shape index (κ3) is 3.00. The van der Waals surface area contributed by atoms with Gasteiger partial charge < -0.3 is 5.32 Å². The first-order valence-corrected chi connectivity index (χ1v) is 4.66. The summed E-state index contributed by atoms with van der Waals surface area (Å²) in [5.41, 5.74) is 0. The molecule has 0 amide bonds. The molecule has 11 heavy (non-hydrogen) atoms. The lowest BCUT2D eigenvalue weighted by Crippen LogP contribution is -2.29. The van der Waals surface area contributed by atoms with Gasteiger partial charge in [0, 0.05) is 0 Å². The van der Waals surface area contributed by atoms with E-state index in [0.29, 0.717) is 0 Å². The zero-order valence-corrected chi connectivity index (χ0v) is 7.83. The smallest absolute Gasteiger partial charge is 0.00204 e. The van der Waals surface area contributed by atoms with Crippen LogP contribution in [0.1, 0.15) is 32.1 Å². The van der Waals surface area contributed by atoms with Gasteiger partial charge in [0.05, 0.1) is 0 Å². The Kier molecular flexibility index (Phi) is 3.67. The SMILES string of the molecule is C1CNCC(CC2CC2)C1.Cl. The van der Waals surface area contributed by atoms with Crippen LogP contribution < -0.4 is 5.32 Å². The Bertz CT molecular complexity index is 106. The van der Waals surface area contributed by atoms with Crippen molar-refractivity contribution in [1.82, 2.24) is 5.32 Å². The van der Waals surface area contributed by atoms with E-state index in [1.807, 2.05) is 0 Å². The zero-order valence-electron chi connectivity index (χ0n) is 7.01. The molecule has 2 rings (SSSR count). The van der Waals surface area contributed by atoms with Crippen LogP contribution in [0, 0.1) is 11.8 Å². The van der Waals surface area contributed by atoms with E-state index < -0.39 is 0 Å². The average molecular weight is 176 g/mol. The first-order chi connectivity index (χ1) is 4.95. The molecule has 1 saturated heterocycles. The fourth-order valence-corrected chi connectivity index (χ4v) is 1.95. The van der Waals surface area contributed by atoms with Crippen LogP contribution in [0.2, 0.25) is 0 Å². The predicted molar refractivity (Wildman–Crippen MR) is 50.2 cm³/mol. The van der Waals surface area contributed by atoms with Crippen LogP contribution in [-0.4, -0.2) is 13.1 Å². The topological polar surface area (TPSA) is 12.0 Å². The molecule has 1 aliphatic heterocycles. The minimum Gasteiger partial charge on any atom is -0.316 e. The van der Waals surface area contributed by atoms with E-state index in [1.54, 1.807) is 0 Å². The predicted octanol–water partition coefficient (Wildman–Crippen LogP) is 2.21. The maximum Gasteiger partial charge on any atom is -0.00204 e. The standard InChI is InChI=1S/C9H17N.ClH/c1-2-9(7-10-5-1)6-8-3-4-8;/h8-10H,1-7H2;1H. The Labute approximate surface area is 75.4 Å². The van der Waals surface area contributed by atoms with E-state index in [2.05, 4.69) is 5.32 Å². The van der Waals surface area contributed by atoms with Crippen LogP contribution in [0.5, 0.6) is 0 Å². The summed E-state index contributed by atoms with van der Waals surface area (Å²) in [5.74, 6) is 2.16.